The largest absolute Gasteiger partial charge is 0.496 e. The monoisotopic (exact) mass is 336 g/mol. The van der Waals surface area contributed by atoms with E-state index in [9.17, 15) is 9.59 Å². The topological polar surface area (TPSA) is 81.4 Å². The number of rotatable bonds is 6. The average Bonchev–Trinajstić information content (AvgIpc) is 2.96. The number of amides is 2. The smallest absolute Gasteiger partial charge is 0.251 e. The molecule has 7 heteroatoms. The zero-order valence-electron chi connectivity index (χ0n) is 12.2. The molecule has 5 nitrogen and oxygen atoms in total. The highest BCUT2D eigenvalue weighted by Crippen LogP contribution is 2.32. The van der Waals surface area contributed by atoms with Crippen molar-refractivity contribution in [3.05, 3.63) is 41.3 Å². The number of carbonyl (C=O) groups is 2. The van der Waals surface area contributed by atoms with Gasteiger partial charge in [-0.2, -0.15) is 0 Å². The predicted molar refractivity (Wildman–Crippen MR) is 89.8 cm³/mol. The number of thioether (sulfide) groups is 1. The SMILES string of the molecule is COc1ccccc1SC(C)C(=O)Nc1sccc1C(N)=O. The third-order valence-electron chi connectivity index (χ3n) is 2.91. The Hall–Kier alpha value is -1.99. The van der Waals surface area contributed by atoms with Gasteiger partial charge in [0, 0.05) is 0 Å². The molecule has 0 aliphatic carbocycles. The van der Waals surface area contributed by atoms with Gasteiger partial charge in [-0.25, -0.2) is 0 Å². The van der Waals surface area contributed by atoms with Crippen LogP contribution in [0.2, 0.25) is 0 Å². The predicted octanol–water partition coefficient (Wildman–Crippen LogP) is 2.97. The molecule has 0 saturated carbocycles. The molecule has 3 N–H and O–H groups in total. The Morgan fingerprint density at radius 2 is 2.05 bits per heavy atom. The Labute approximate surface area is 136 Å². The van der Waals surface area contributed by atoms with E-state index in [1.807, 2.05) is 24.3 Å². The van der Waals surface area contributed by atoms with Crippen molar-refractivity contribution < 1.29 is 14.3 Å². The maximum absolute atomic E-state index is 12.3. The van der Waals surface area contributed by atoms with Crippen LogP contribution in [0.15, 0.2) is 40.6 Å². The molecule has 1 aromatic heterocycles. The van der Waals surface area contributed by atoms with Crippen LogP contribution in [0.25, 0.3) is 0 Å². The van der Waals surface area contributed by atoms with Crippen molar-refractivity contribution in [1.82, 2.24) is 0 Å². The van der Waals surface area contributed by atoms with Crippen LogP contribution in [-0.4, -0.2) is 24.2 Å². The molecule has 0 radical (unpaired) electrons. The number of nitrogens with two attached hydrogens (primary N) is 1. The Morgan fingerprint density at radius 1 is 1.32 bits per heavy atom. The number of nitrogens with one attached hydrogen (secondary N) is 1. The van der Waals surface area contributed by atoms with E-state index in [-0.39, 0.29) is 11.2 Å². The van der Waals surface area contributed by atoms with Crippen molar-refractivity contribution in [2.24, 2.45) is 5.73 Å². The summed E-state index contributed by atoms with van der Waals surface area (Å²) in [6, 6.07) is 9.10. The number of primary amides is 1. The van der Waals surface area contributed by atoms with Crippen LogP contribution >= 0.6 is 23.1 Å². The van der Waals surface area contributed by atoms with Crippen molar-refractivity contribution in [3.8, 4) is 5.75 Å². The van der Waals surface area contributed by atoms with Gasteiger partial charge < -0.3 is 15.8 Å². The molecule has 22 heavy (non-hydrogen) atoms. The highest BCUT2D eigenvalue weighted by Gasteiger charge is 2.19. The molecule has 2 aromatic rings. The second kappa shape index (κ2) is 7.33. The lowest BCUT2D eigenvalue weighted by molar-refractivity contribution is -0.115. The summed E-state index contributed by atoms with van der Waals surface area (Å²) in [5.41, 5.74) is 5.59. The van der Waals surface area contributed by atoms with Gasteiger partial charge in [0.2, 0.25) is 5.91 Å². The number of carbonyl (C=O) groups excluding carboxylic acids is 2. The lowest BCUT2D eigenvalue weighted by Gasteiger charge is -2.13. The van der Waals surface area contributed by atoms with E-state index in [0.717, 1.165) is 10.6 Å². The van der Waals surface area contributed by atoms with Crippen LogP contribution in [0.5, 0.6) is 5.75 Å². The molecule has 2 rings (SSSR count). The van der Waals surface area contributed by atoms with Gasteiger partial charge in [-0.15, -0.1) is 23.1 Å². The number of hydrogen-bond donors (Lipinski definition) is 2. The first-order chi connectivity index (χ1) is 10.5. The summed E-state index contributed by atoms with van der Waals surface area (Å²) in [5.74, 6) is -0.0245. The minimum absolute atomic E-state index is 0.194. The Morgan fingerprint density at radius 3 is 2.73 bits per heavy atom. The van der Waals surface area contributed by atoms with Crippen molar-refractivity contribution in [2.75, 3.05) is 12.4 Å². The van der Waals surface area contributed by atoms with Crippen molar-refractivity contribution in [1.29, 1.82) is 0 Å². The normalized spacial score (nSPS) is 11.7. The van der Waals surface area contributed by atoms with Gasteiger partial charge in [-0.1, -0.05) is 12.1 Å². The Kier molecular flexibility index (Phi) is 5.46. The lowest BCUT2D eigenvalue weighted by atomic mass is 10.3. The molecule has 0 aliphatic heterocycles. The number of ether oxygens (including phenoxy) is 1. The van der Waals surface area contributed by atoms with Gasteiger partial charge >= 0.3 is 0 Å². The number of thiophene rings is 1. The zero-order chi connectivity index (χ0) is 16.1. The quantitative estimate of drug-likeness (QED) is 0.795. The average molecular weight is 336 g/mol. The highest BCUT2D eigenvalue weighted by atomic mass is 32.2. The van der Waals surface area contributed by atoms with Gasteiger partial charge in [0.25, 0.3) is 5.91 Å². The summed E-state index contributed by atoms with van der Waals surface area (Å²) in [7, 11) is 1.59. The van der Waals surface area contributed by atoms with E-state index < -0.39 is 5.91 Å². The van der Waals surface area contributed by atoms with Gasteiger partial charge in [0.05, 0.1) is 22.8 Å². The second-order valence-electron chi connectivity index (χ2n) is 4.43. The van der Waals surface area contributed by atoms with Gasteiger partial charge in [0.1, 0.15) is 10.8 Å². The van der Waals surface area contributed by atoms with Crippen LogP contribution in [0.4, 0.5) is 5.00 Å². The summed E-state index contributed by atoms with van der Waals surface area (Å²) in [6.07, 6.45) is 0. The molecular formula is C15H16N2O3S2. The molecule has 1 aromatic carbocycles. The molecule has 0 aliphatic rings. The lowest BCUT2D eigenvalue weighted by Crippen LogP contribution is -2.23. The first-order valence-corrected chi connectivity index (χ1v) is 8.26. The van der Waals surface area contributed by atoms with Gasteiger partial charge in [-0.3, -0.25) is 9.59 Å². The van der Waals surface area contributed by atoms with E-state index in [4.69, 9.17) is 10.5 Å². The number of para-hydroxylation sites is 1. The fourth-order valence-corrected chi connectivity index (χ4v) is 3.54. The first kappa shape index (κ1) is 16.4. The molecule has 1 atom stereocenters. The van der Waals surface area contributed by atoms with Crippen molar-refractivity contribution in [3.63, 3.8) is 0 Å². The van der Waals surface area contributed by atoms with E-state index in [1.165, 1.54) is 23.1 Å². The van der Waals surface area contributed by atoms with E-state index >= 15 is 0 Å². The molecular weight excluding hydrogens is 320 g/mol. The summed E-state index contributed by atoms with van der Waals surface area (Å²) >= 11 is 2.66. The van der Waals surface area contributed by atoms with Crippen LogP contribution < -0.4 is 15.8 Å². The third kappa shape index (κ3) is 3.80. The van der Waals surface area contributed by atoms with Gasteiger partial charge in [0.15, 0.2) is 0 Å². The molecule has 0 spiro atoms. The first-order valence-electron chi connectivity index (χ1n) is 6.50. The van der Waals surface area contributed by atoms with Crippen LogP contribution in [-0.2, 0) is 4.79 Å². The molecule has 116 valence electrons. The van der Waals surface area contributed by atoms with Crippen LogP contribution in [0.3, 0.4) is 0 Å². The van der Waals surface area contributed by atoms with Gasteiger partial charge in [-0.05, 0) is 30.5 Å². The number of hydrogen-bond acceptors (Lipinski definition) is 5. The number of methoxy groups -OCH3 is 1. The maximum atomic E-state index is 12.3. The van der Waals surface area contributed by atoms with E-state index in [2.05, 4.69) is 5.32 Å². The third-order valence-corrected chi connectivity index (χ3v) is 4.90. The van der Waals surface area contributed by atoms with Crippen molar-refractivity contribution in [2.45, 2.75) is 17.1 Å². The summed E-state index contributed by atoms with van der Waals surface area (Å²) < 4.78 is 5.27. The van der Waals surface area contributed by atoms with Crippen LogP contribution in [0.1, 0.15) is 17.3 Å². The molecule has 0 fully saturated rings. The Balaban J connectivity index is 2.06. The summed E-state index contributed by atoms with van der Waals surface area (Å²) in [5, 5.41) is 4.59. The zero-order valence-corrected chi connectivity index (χ0v) is 13.8. The second-order valence-corrected chi connectivity index (χ2v) is 6.73. The van der Waals surface area contributed by atoms with Crippen molar-refractivity contribution >= 4 is 39.9 Å². The molecule has 0 saturated heterocycles. The molecule has 2 amide bonds. The molecule has 0 bridgehead atoms. The highest BCUT2D eigenvalue weighted by molar-refractivity contribution is 8.00. The summed E-state index contributed by atoms with van der Waals surface area (Å²) in [4.78, 5) is 24.4. The maximum Gasteiger partial charge on any atom is 0.251 e. The fraction of sp³-hybridized carbons (Fsp3) is 0.200. The minimum Gasteiger partial charge on any atom is -0.496 e. The molecule has 1 heterocycles. The van der Waals surface area contributed by atoms with E-state index in [1.54, 1.807) is 25.5 Å². The minimum atomic E-state index is -0.554. The number of anilines is 1. The Bertz CT molecular complexity index is 685. The summed E-state index contributed by atoms with van der Waals surface area (Å²) in [6.45, 7) is 1.80. The number of benzene rings is 1. The van der Waals surface area contributed by atoms with Crippen LogP contribution in [0, 0.1) is 0 Å². The fourth-order valence-electron chi connectivity index (χ4n) is 1.77. The van der Waals surface area contributed by atoms with E-state index in [0.29, 0.717) is 10.6 Å². The standard InChI is InChI=1S/C15H16N2O3S2/c1-9(22-12-6-4-3-5-11(12)20-2)14(19)17-15-10(13(16)18)7-8-21-15/h3-9H,1-2H3,(H2,16,18)(H,17,19). The molecule has 1 unspecified atom stereocenters.